The molecule has 0 aliphatic carbocycles. The number of sulfonamides is 1. The first kappa shape index (κ1) is 27.8. The van der Waals surface area contributed by atoms with Crippen molar-refractivity contribution < 1.29 is 18.0 Å². The van der Waals surface area contributed by atoms with Gasteiger partial charge in [0.15, 0.2) is 0 Å². The van der Waals surface area contributed by atoms with Gasteiger partial charge in [-0.25, -0.2) is 8.42 Å². The van der Waals surface area contributed by atoms with Gasteiger partial charge >= 0.3 is 0 Å². The van der Waals surface area contributed by atoms with Crippen molar-refractivity contribution in [2.45, 2.75) is 57.5 Å². The number of likely N-dealkylation sites (N-methyl/N-ethyl adjacent to an activating group) is 1. The number of carbonyl (C=O) groups excluding carboxylic acids is 2. The summed E-state index contributed by atoms with van der Waals surface area (Å²) in [5.74, 6) is -0.679. The van der Waals surface area contributed by atoms with Gasteiger partial charge in [-0.2, -0.15) is 4.31 Å². The van der Waals surface area contributed by atoms with Crippen molar-refractivity contribution in [2.75, 3.05) is 20.1 Å². The lowest BCUT2D eigenvalue weighted by molar-refractivity contribution is -0.141. The minimum atomic E-state index is -3.91. The fourth-order valence-corrected chi connectivity index (χ4v) is 4.80. The molecule has 1 N–H and O–H groups in total. The number of amides is 2. The number of unbranched alkanes of at least 4 members (excludes halogenated alkanes) is 1. The van der Waals surface area contributed by atoms with Crippen LogP contribution in [-0.2, 0) is 26.2 Å². The van der Waals surface area contributed by atoms with Crippen molar-refractivity contribution in [1.29, 1.82) is 0 Å². The molecule has 1 atom stereocenters. The Morgan fingerprint density at radius 1 is 1.06 bits per heavy atom. The van der Waals surface area contributed by atoms with Crippen molar-refractivity contribution >= 4 is 33.4 Å². The second-order valence-electron chi connectivity index (χ2n) is 8.23. The van der Waals surface area contributed by atoms with Crippen molar-refractivity contribution in [3.8, 4) is 0 Å². The van der Waals surface area contributed by atoms with E-state index in [2.05, 4.69) is 5.32 Å². The summed E-state index contributed by atoms with van der Waals surface area (Å²) in [5.41, 5.74) is 1.89. The predicted molar refractivity (Wildman–Crippen MR) is 135 cm³/mol. The van der Waals surface area contributed by atoms with Gasteiger partial charge < -0.3 is 10.2 Å². The number of nitrogens with zero attached hydrogens (tertiary/aromatic N) is 2. The topological polar surface area (TPSA) is 86.8 Å². The predicted octanol–water partition coefficient (Wildman–Crippen LogP) is 3.99. The van der Waals surface area contributed by atoms with E-state index in [1.165, 1.54) is 36.2 Å². The zero-order valence-electron chi connectivity index (χ0n) is 20.3. The zero-order chi connectivity index (χ0) is 25.3. The Bertz CT molecular complexity index is 1070. The molecule has 9 heteroatoms. The molecule has 0 saturated heterocycles. The number of nitrogens with one attached hydrogen (secondary N) is 1. The number of hydrogen-bond acceptors (Lipinski definition) is 4. The fourth-order valence-electron chi connectivity index (χ4n) is 3.55. The molecule has 0 saturated carbocycles. The number of carbonyl (C=O) groups is 2. The zero-order valence-corrected chi connectivity index (χ0v) is 21.8. The van der Waals surface area contributed by atoms with Crippen LogP contribution in [0.3, 0.4) is 0 Å². The molecule has 7 nitrogen and oxygen atoms in total. The fraction of sp³-hybridized carbons (Fsp3) is 0.440. The molecule has 0 heterocycles. The maximum Gasteiger partial charge on any atom is 0.243 e. The molecule has 2 aromatic rings. The molecular formula is C25H34ClN3O4S. The molecule has 2 rings (SSSR count). The Kier molecular flexibility index (Phi) is 10.5. The highest BCUT2D eigenvalue weighted by molar-refractivity contribution is 7.89. The van der Waals surface area contributed by atoms with E-state index in [9.17, 15) is 18.0 Å². The molecule has 2 amide bonds. The molecule has 0 aromatic heterocycles. The van der Waals surface area contributed by atoms with Crippen LogP contribution in [0.5, 0.6) is 0 Å². The average Bonchev–Trinajstić information content (AvgIpc) is 2.80. The van der Waals surface area contributed by atoms with Gasteiger partial charge in [0.1, 0.15) is 6.04 Å². The molecule has 34 heavy (non-hydrogen) atoms. The normalized spacial score (nSPS) is 12.4. The highest BCUT2D eigenvalue weighted by atomic mass is 35.5. The second-order valence-corrected chi connectivity index (χ2v) is 10.7. The monoisotopic (exact) mass is 507 g/mol. The Balaban J connectivity index is 2.30. The van der Waals surface area contributed by atoms with Crippen LogP contribution in [-0.4, -0.2) is 55.6 Å². The summed E-state index contributed by atoms with van der Waals surface area (Å²) in [5, 5.41) is 3.33. The number of benzene rings is 2. The quantitative estimate of drug-likeness (QED) is 0.440. The van der Waals surface area contributed by atoms with Crippen LogP contribution < -0.4 is 5.32 Å². The van der Waals surface area contributed by atoms with E-state index in [0.29, 0.717) is 18.0 Å². The van der Waals surface area contributed by atoms with Crippen molar-refractivity contribution in [1.82, 2.24) is 14.5 Å². The third kappa shape index (κ3) is 7.29. The Morgan fingerprint density at radius 3 is 2.29 bits per heavy atom. The van der Waals surface area contributed by atoms with Gasteiger partial charge in [0.2, 0.25) is 21.8 Å². The molecule has 2 aromatic carbocycles. The molecule has 0 fully saturated rings. The van der Waals surface area contributed by atoms with E-state index < -0.39 is 28.5 Å². The number of hydrogen-bond donors (Lipinski definition) is 1. The van der Waals surface area contributed by atoms with Crippen LogP contribution in [0.4, 0.5) is 0 Å². The summed E-state index contributed by atoms with van der Waals surface area (Å²) in [6.07, 6.45) is 2.19. The van der Waals surface area contributed by atoms with E-state index in [1.807, 2.05) is 45.0 Å². The molecule has 0 aliphatic rings. The minimum absolute atomic E-state index is 0.0435. The van der Waals surface area contributed by atoms with Gasteiger partial charge in [0.25, 0.3) is 0 Å². The molecule has 0 spiro atoms. The molecule has 186 valence electrons. The van der Waals surface area contributed by atoms with Gasteiger partial charge in [-0.05, 0) is 55.2 Å². The third-order valence-electron chi connectivity index (χ3n) is 5.70. The minimum Gasteiger partial charge on any atom is -0.354 e. The van der Waals surface area contributed by atoms with Gasteiger partial charge in [-0.15, -0.1) is 0 Å². The maximum absolute atomic E-state index is 13.5. The third-order valence-corrected chi connectivity index (χ3v) is 7.77. The molecular weight excluding hydrogens is 474 g/mol. The Labute approximate surface area is 208 Å². The first-order valence-electron chi connectivity index (χ1n) is 11.4. The van der Waals surface area contributed by atoms with E-state index in [1.54, 1.807) is 0 Å². The van der Waals surface area contributed by atoms with Crippen LogP contribution in [0.1, 0.15) is 44.2 Å². The van der Waals surface area contributed by atoms with Gasteiger partial charge in [0, 0.05) is 25.2 Å². The smallest absolute Gasteiger partial charge is 0.243 e. The standard InChI is InChI=1S/C25H34ClN3O4S/c1-5-7-16-27-25(31)23(6-2)29(17-20-11-9-8-10-19(20)3)24(30)18-28(4)34(32,33)22-14-12-21(26)13-15-22/h8-15,23H,5-7,16-18H2,1-4H3,(H,27,31)/t23-/m0/s1. The number of halogens is 1. The van der Waals surface area contributed by atoms with Crippen LogP contribution in [0.25, 0.3) is 0 Å². The first-order valence-corrected chi connectivity index (χ1v) is 13.3. The maximum atomic E-state index is 13.5. The first-order chi connectivity index (χ1) is 16.1. The summed E-state index contributed by atoms with van der Waals surface area (Å²) in [7, 11) is -2.55. The summed E-state index contributed by atoms with van der Waals surface area (Å²) >= 11 is 5.88. The largest absolute Gasteiger partial charge is 0.354 e. The lowest BCUT2D eigenvalue weighted by Crippen LogP contribution is -2.51. The highest BCUT2D eigenvalue weighted by Crippen LogP contribution is 2.19. The lowest BCUT2D eigenvalue weighted by Gasteiger charge is -2.32. The number of aryl methyl sites for hydroxylation is 1. The van der Waals surface area contributed by atoms with Crippen molar-refractivity contribution in [2.24, 2.45) is 0 Å². The van der Waals surface area contributed by atoms with E-state index in [-0.39, 0.29) is 17.3 Å². The molecule has 0 bridgehead atoms. The lowest BCUT2D eigenvalue weighted by atomic mass is 10.1. The highest BCUT2D eigenvalue weighted by Gasteiger charge is 2.31. The van der Waals surface area contributed by atoms with Gasteiger partial charge in [0.05, 0.1) is 11.4 Å². The van der Waals surface area contributed by atoms with Crippen molar-refractivity contribution in [3.63, 3.8) is 0 Å². The number of rotatable bonds is 12. The second kappa shape index (κ2) is 12.9. The van der Waals surface area contributed by atoms with Crippen LogP contribution in [0.15, 0.2) is 53.4 Å². The molecule has 0 radical (unpaired) electrons. The van der Waals surface area contributed by atoms with Crippen LogP contribution in [0.2, 0.25) is 5.02 Å². The molecule has 0 aliphatic heterocycles. The van der Waals surface area contributed by atoms with Gasteiger partial charge in [-0.1, -0.05) is 56.1 Å². The van der Waals surface area contributed by atoms with E-state index >= 15 is 0 Å². The SMILES string of the molecule is CCCCNC(=O)[C@H](CC)N(Cc1ccccc1C)C(=O)CN(C)S(=O)(=O)c1ccc(Cl)cc1. The van der Waals surface area contributed by atoms with Gasteiger partial charge in [-0.3, -0.25) is 9.59 Å². The Hall–Kier alpha value is -2.42. The van der Waals surface area contributed by atoms with E-state index in [4.69, 9.17) is 11.6 Å². The average molecular weight is 508 g/mol. The van der Waals surface area contributed by atoms with Crippen LogP contribution >= 0.6 is 11.6 Å². The van der Waals surface area contributed by atoms with E-state index in [0.717, 1.165) is 28.3 Å². The summed E-state index contributed by atoms with van der Waals surface area (Å²) < 4.78 is 27.0. The van der Waals surface area contributed by atoms with Crippen LogP contribution in [0, 0.1) is 6.92 Å². The summed E-state index contributed by atoms with van der Waals surface area (Å²) in [4.78, 5) is 27.9. The molecule has 0 unspecified atom stereocenters. The summed E-state index contributed by atoms with van der Waals surface area (Å²) in [6.45, 7) is 6.17. The summed E-state index contributed by atoms with van der Waals surface area (Å²) in [6, 6.07) is 12.7. The Morgan fingerprint density at radius 2 is 1.71 bits per heavy atom. The van der Waals surface area contributed by atoms with Crippen molar-refractivity contribution in [3.05, 3.63) is 64.7 Å².